The molecule has 0 aliphatic rings. The summed E-state index contributed by atoms with van der Waals surface area (Å²) >= 11 is 1.84. The summed E-state index contributed by atoms with van der Waals surface area (Å²) in [5, 5.41) is 5.18. The van der Waals surface area contributed by atoms with Gasteiger partial charge in [0.2, 0.25) is 0 Å². The van der Waals surface area contributed by atoms with Gasteiger partial charge in [-0.3, -0.25) is 0 Å². The van der Waals surface area contributed by atoms with E-state index in [-0.39, 0.29) is 0 Å². The number of nitrogens with zero attached hydrogens (tertiary/aromatic N) is 2. The fourth-order valence-electron chi connectivity index (χ4n) is 2.44. The van der Waals surface area contributed by atoms with Crippen LogP contribution in [0, 0.1) is 20.8 Å². The average molecular weight is 310 g/mol. The van der Waals surface area contributed by atoms with Crippen LogP contribution in [0.15, 0.2) is 5.16 Å². The maximum Gasteiger partial charge on any atom is 0.188 e. The van der Waals surface area contributed by atoms with Crippen LogP contribution in [0.2, 0.25) is 0 Å². The third kappa shape index (κ3) is 5.59. The number of rotatable bonds is 9. The molecule has 0 radical (unpaired) electrons. The van der Waals surface area contributed by atoms with E-state index >= 15 is 0 Å². The smallest absolute Gasteiger partial charge is 0.188 e. The minimum atomic E-state index is 0.540. The lowest BCUT2D eigenvalue weighted by Crippen LogP contribution is -2.38. The van der Waals surface area contributed by atoms with Crippen molar-refractivity contribution in [2.75, 3.05) is 6.54 Å². The molecule has 1 aromatic rings. The topological polar surface area (TPSA) is 37.8 Å². The van der Waals surface area contributed by atoms with Crippen molar-refractivity contribution in [2.45, 2.75) is 83.7 Å². The zero-order valence-corrected chi connectivity index (χ0v) is 15.3. The molecule has 4 heteroatoms. The molecule has 120 valence electrons. The molecule has 3 nitrogen and oxygen atoms in total. The van der Waals surface area contributed by atoms with Crippen molar-refractivity contribution in [2.24, 2.45) is 0 Å². The second kappa shape index (κ2) is 9.42. The quantitative estimate of drug-likeness (QED) is 0.540. The zero-order chi connectivity index (χ0) is 15.8. The SMILES string of the molecule is CCCNC(CCC)C(CC)Sc1nc(C)c(C)c(C)n1. The van der Waals surface area contributed by atoms with Crippen molar-refractivity contribution in [1.82, 2.24) is 15.3 Å². The van der Waals surface area contributed by atoms with Crippen molar-refractivity contribution in [3.63, 3.8) is 0 Å². The first-order valence-electron chi connectivity index (χ1n) is 8.25. The Morgan fingerprint density at radius 1 is 1.00 bits per heavy atom. The first-order valence-corrected chi connectivity index (χ1v) is 9.13. The molecule has 0 saturated heterocycles. The third-order valence-corrected chi connectivity index (χ3v) is 5.33. The Kier molecular flexibility index (Phi) is 8.27. The Labute approximate surface area is 134 Å². The second-order valence-corrected chi connectivity index (χ2v) is 6.92. The number of aryl methyl sites for hydroxylation is 2. The molecule has 1 heterocycles. The number of thioether (sulfide) groups is 1. The number of aromatic nitrogens is 2. The van der Waals surface area contributed by atoms with Crippen LogP contribution >= 0.6 is 11.8 Å². The van der Waals surface area contributed by atoms with Crippen molar-refractivity contribution < 1.29 is 0 Å². The highest BCUT2D eigenvalue weighted by molar-refractivity contribution is 7.99. The van der Waals surface area contributed by atoms with Gasteiger partial charge in [0.25, 0.3) is 0 Å². The average Bonchev–Trinajstić information content (AvgIpc) is 2.46. The van der Waals surface area contributed by atoms with E-state index in [0.717, 1.165) is 29.5 Å². The standard InChI is InChI=1S/C17H31N3S/c1-7-10-15(18-11-8-2)16(9-3)21-17-19-13(5)12(4)14(6)20-17/h15-16,18H,7-11H2,1-6H3. The Morgan fingerprint density at radius 2 is 1.62 bits per heavy atom. The molecule has 2 atom stereocenters. The van der Waals surface area contributed by atoms with Gasteiger partial charge in [-0.05, 0) is 52.1 Å². The van der Waals surface area contributed by atoms with Crippen LogP contribution < -0.4 is 5.32 Å². The summed E-state index contributed by atoms with van der Waals surface area (Å²) in [6.45, 7) is 14.1. The molecule has 1 N–H and O–H groups in total. The molecular formula is C17H31N3S. The monoisotopic (exact) mass is 309 g/mol. The van der Waals surface area contributed by atoms with Gasteiger partial charge in [0, 0.05) is 22.7 Å². The lowest BCUT2D eigenvalue weighted by Gasteiger charge is -2.26. The van der Waals surface area contributed by atoms with Crippen LogP contribution in [0.5, 0.6) is 0 Å². The van der Waals surface area contributed by atoms with E-state index < -0.39 is 0 Å². The van der Waals surface area contributed by atoms with Crippen LogP contribution in [-0.4, -0.2) is 27.8 Å². The highest BCUT2D eigenvalue weighted by Crippen LogP contribution is 2.27. The molecule has 2 unspecified atom stereocenters. The summed E-state index contributed by atoms with van der Waals surface area (Å²) in [7, 11) is 0. The summed E-state index contributed by atoms with van der Waals surface area (Å²) in [6.07, 6.45) is 4.75. The molecule has 0 aliphatic carbocycles. The van der Waals surface area contributed by atoms with Crippen LogP contribution in [0.25, 0.3) is 0 Å². The van der Waals surface area contributed by atoms with Crippen molar-refractivity contribution in [3.05, 3.63) is 17.0 Å². The summed E-state index contributed by atoms with van der Waals surface area (Å²) in [4.78, 5) is 9.34. The number of hydrogen-bond donors (Lipinski definition) is 1. The number of hydrogen-bond acceptors (Lipinski definition) is 4. The van der Waals surface area contributed by atoms with Gasteiger partial charge >= 0.3 is 0 Å². The van der Waals surface area contributed by atoms with Crippen LogP contribution in [0.3, 0.4) is 0 Å². The minimum Gasteiger partial charge on any atom is -0.313 e. The van der Waals surface area contributed by atoms with Crippen molar-refractivity contribution in [1.29, 1.82) is 0 Å². The molecule has 0 bridgehead atoms. The number of nitrogens with one attached hydrogen (secondary N) is 1. The van der Waals surface area contributed by atoms with Gasteiger partial charge in [-0.15, -0.1) is 0 Å². The van der Waals surface area contributed by atoms with Crippen molar-refractivity contribution in [3.8, 4) is 0 Å². The van der Waals surface area contributed by atoms with E-state index in [2.05, 4.69) is 56.8 Å². The normalized spacial score (nSPS) is 14.2. The van der Waals surface area contributed by atoms with Gasteiger partial charge in [-0.1, -0.05) is 39.0 Å². The van der Waals surface area contributed by atoms with Gasteiger partial charge in [0.1, 0.15) is 0 Å². The van der Waals surface area contributed by atoms with Crippen LogP contribution in [-0.2, 0) is 0 Å². The Balaban J connectivity index is 2.83. The van der Waals surface area contributed by atoms with E-state index in [1.807, 2.05) is 11.8 Å². The highest BCUT2D eigenvalue weighted by Gasteiger charge is 2.21. The highest BCUT2D eigenvalue weighted by atomic mass is 32.2. The summed E-state index contributed by atoms with van der Waals surface area (Å²) < 4.78 is 0. The summed E-state index contributed by atoms with van der Waals surface area (Å²) in [5.41, 5.74) is 3.42. The van der Waals surface area contributed by atoms with E-state index in [1.165, 1.54) is 24.8 Å². The van der Waals surface area contributed by atoms with Crippen LogP contribution in [0.4, 0.5) is 0 Å². The third-order valence-electron chi connectivity index (χ3n) is 3.98. The zero-order valence-electron chi connectivity index (χ0n) is 14.5. The van der Waals surface area contributed by atoms with Gasteiger partial charge in [0.15, 0.2) is 5.16 Å². The second-order valence-electron chi connectivity index (χ2n) is 5.72. The van der Waals surface area contributed by atoms with Gasteiger partial charge in [-0.25, -0.2) is 9.97 Å². The first-order chi connectivity index (χ1) is 10.0. The lowest BCUT2D eigenvalue weighted by molar-refractivity contribution is 0.454. The Morgan fingerprint density at radius 3 is 2.10 bits per heavy atom. The van der Waals surface area contributed by atoms with Gasteiger partial charge < -0.3 is 5.32 Å². The van der Waals surface area contributed by atoms with E-state index in [1.54, 1.807) is 0 Å². The van der Waals surface area contributed by atoms with E-state index in [9.17, 15) is 0 Å². The van der Waals surface area contributed by atoms with Crippen LogP contribution in [0.1, 0.15) is 63.4 Å². The molecule has 0 aromatic carbocycles. The van der Waals surface area contributed by atoms with Gasteiger partial charge in [0.05, 0.1) is 0 Å². The molecule has 0 spiro atoms. The largest absolute Gasteiger partial charge is 0.313 e. The maximum atomic E-state index is 4.67. The maximum absolute atomic E-state index is 4.67. The van der Waals surface area contributed by atoms with Crippen molar-refractivity contribution >= 4 is 11.8 Å². The summed E-state index contributed by atoms with van der Waals surface area (Å²) in [6, 6.07) is 0.551. The Bertz CT molecular complexity index is 411. The molecule has 21 heavy (non-hydrogen) atoms. The lowest BCUT2D eigenvalue weighted by atomic mass is 10.1. The Hall–Kier alpha value is -0.610. The van der Waals surface area contributed by atoms with Gasteiger partial charge in [-0.2, -0.15) is 0 Å². The first kappa shape index (κ1) is 18.4. The summed E-state index contributed by atoms with van der Waals surface area (Å²) in [5.74, 6) is 0. The van der Waals surface area contributed by atoms with E-state index in [4.69, 9.17) is 0 Å². The fourth-order valence-corrected chi connectivity index (χ4v) is 3.65. The molecule has 1 aromatic heterocycles. The predicted molar refractivity (Wildman–Crippen MR) is 93.2 cm³/mol. The fraction of sp³-hybridized carbons (Fsp3) is 0.765. The molecular weight excluding hydrogens is 278 g/mol. The molecule has 1 rings (SSSR count). The molecule has 0 amide bonds. The predicted octanol–water partition coefficient (Wildman–Crippen LogP) is 4.44. The molecule has 0 saturated carbocycles. The molecule has 0 aliphatic heterocycles. The minimum absolute atomic E-state index is 0.540. The van der Waals surface area contributed by atoms with E-state index in [0.29, 0.717) is 11.3 Å². The molecule has 0 fully saturated rings.